The first-order valence-electron chi connectivity index (χ1n) is 7.07. The summed E-state index contributed by atoms with van der Waals surface area (Å²) >= 11 is 0. The van der Waals surface area contributed by atoms with E-state index in [9.17, 15) is 26.4 Å². The van der Waals surface area contributed by atoms with Crippen LogP contribution in [-0.4, -0.2) is 19.3 Å². The number of amides is 1. The van der Waals surface area contributed by atoms with Crippen molar-refractivity contribution < 1.29 is 26.4 Å². The number of benzene rings is 1. The summed E-state index contributed by atoms with van der Waals surface area (Å²) in [5.41, 5.74) is -0.847. The molecule has 0 unspecified atom stereocenters. The number of alkyl halides is 3. The van der Waals surface area contributed by atoms with Gasteiger partial charge in [0, 0.05) is 24.5 Å². The standard InChI is InChI=1S/C15H14F3N3O3S/c1-2-14(22)21-25(23,24)13-9-19-7-6-12(13)20-11-5-3-4-10(8-11)15(16,17)18/h3-9H,2H2,1H3,(H,19,20)(H,21,22). The second-order valence-corrected chi connectivity index (χ2v) is 6.61. The Hall–Kier alpha value is -2.62. The van der Waals surface area contributed by atoms with E-state index in [1.54, 1.807) is 0 Å². The van der Waals surface area contributed by atoms with Crippen molar-refractivity contribution >= 4 is 27.3 Å². The second kappa shape index (κ2) is 7.09. The third-order valence-corrected chi connectivity index (χ3v) is 4.51. The molecule has 10 heteroatoms. The Morgan fingerprint density at radius 1 is 1.24 bits per heavy atom. The van der Waals surface area contributed by atoms with Gasteiger partial charge < -0.3 is 5.32 Å². The molecule has 1 aromatic carbocycles. The molecule has 1 aromatic heterocycles. The van der Waals surface area contributed by atoms with E-state index in [0.717, 1.165) is 18.3 Å². The van der Waals surface area contributed by atoms with Gasteiger partial charge in [-0.25, -0.2) is 13.1 Å². The lowest BCUT2D eigenvalue weighted by atomic mass is 10.2. The molecule has 0 spiro atoms. The Kier molecular flexibility index (Phi) is 5.31. The maximum absolute atomic E-state index is 12.8. The van der Waals surface area contributed by atoms with Crippen LogP contribution in [0.1, 0.15) is 18.9 Å². The number of sulfonamides is 1. The summed E-state index contributed by atoms with van der Waals surface area (Å²) in [5.74, 6) is -0.714. The van der Waals surface area contributed by atoms with E-state index < -0.39 is 27.7 Å². The van der Waals surface area contributed by atoms with Gasteiger partial charge in [-0.05, 0) is 24.3 Å². The molecule has 0 aliphatic rings. The molecule has 6 nitrogen and oxygen atoms in total. The lowest BCUT2D eigenvalue weighted by Crippen LogP contribution is -2.30. The van der Waals surface area contributed by atoms with Gasteiger partial charge in [0.1, 0.15) is 4.90 Å². The molecule has 0 aliphatic heterocycles. The average molecular weight is 373 g/mol. The summed E-state index contributed by atoms with van der Waals surface area (Å²) in [6.07, 6.45) is -2.30. The molecule has 0 fully saturated rings. The highest BCUT2D eigenvalue weighted by Gasteiger charge is 2.30. The Labute approximate surface area is 142 Å². The molecule has 25 heavy (non-hydrogen) atoms. The summed E-state index contributed by atoms with van der Waals surface area (Å²) in [4.78, 5) is 14.7. The average Bonchev–Trinajstić information content (AvgIpc) is 2.54. The van der Waals surface area contributed by atoms with Crippen LogP contribution in [0.15, 0.2) is 47.6 Å². The molecule has 0 saturated carbocycles. The number of halogens is 3. The number of nitrogens with one attached hydrogen (secondary N) is 2. The Bertz CT molecular complexity index is 883. The minimum atomic E-state index is -4.53. The zero-order valence-corrected chi connectivity index (χ0v) is 13.8. The smallest absolute Gasteiger partial charge is 0.354 e. The van der Waals surface area contributed by atoms with E-state index in [-0.39, 0.29) is 22.7 Å². The number of hydrogen-bond acceptors (Lipinski definition) is 5. The Balaban J connectivity index is 2.38. The zero-order valence-electron chi connectivity index (χ0n) is 13.0. The lowest BCUT2D eigenvalue weighted by Gasteiger charge is -2.14. The van der Waals surface area contributed by atoms with Gasteiger partial charge in [-0.1, -0.05) is 13.0 Å². The fourth-order valence-electron chi connectivity index (χ4n) is 1.90. The number of carbonyl (C=O) groups excluding carboxylic acids is 1. The van der Waals surface area contributed by atoms with Gasteiger partial charge in [0.05, 0.1) is 11.3 Å². The topological polar surface area (TPSA) is 88.2 Å². The third kappa shape index (κ3) is 4.69. The third-order valence-electron chi connectivity index (χ3n) is 3.11. The van der Waals surface area contributed by atoms with Crippen LogP contribution in [0.2, 0.25) is 0 Å². The van der Waals surface area contributed by atoms with Crippen molar-refractivity contribution in [3.63, 3.8) is 0 Å². The maximum Gasteiger partial charge on any atom is 0.416 e. The lowest BCUT2D eigenvalue weighted by molar-refractivity contribution is -0.137. The van der Waals surface area contributed by atoms with Gasteiger partial charge in [0.15, 0.2) is 0 Å². The first-order valence-corrected chi connectivity index (χ1v) is 8.55. The van der Waals surface area contributed by atoms with E-state index in [2.05, 4.69) is 10.3 Å². The van der Waals surface area contributed by atoms with Gasteiger partial charge in [0.2, 0.25) is 5.91 Å². The molecule has 0 radical (unpaired) electrons. The molecular formula is C15H14F3N3O3S. The van der Waals surface area contributed by atoms with Crippen LogP contribution in [0.25, 0.3) is 0 Å². The van der Waals surface area contributed by atoms with E-state index in [4.69, 9.17) is 0 Å². The molecule has 2 rings (SSSR count). The molecule has 2 aromatic rings. The first kappa shape index (κ1) is 18.7. The van der Waals surface area contributed by atoms with Gasteiger partial charge in [-0.2, -0.15) is 13.2 Å². The molecule has 1 heterocycles. The predicted molar refractivity (Wildman–Crippen MR) is 84.6 cm³/mol. The molecular weight excluding hydrogens is 359 g/mol. The van der Waals surface area contributed by atoms with Crippen LogP contribution < -0.4 is 10.0 Å². The molecule has 2 N–H and O–H groups in total. The molecule has 0 bridgehead atoms. The fourth-order valence-corrected chi connectivity index (χ4v) is 3.07. The number of carbonyl (C=O) groups is 1. The number of hydrogen-bond donors (Lipinski definition) is 2. The Morgan fingerprint density at radius 3 is 2.60 bits per heavy atom. The molecule has 134 valence electrons. The van der Waals surface area contributed by atoms with Crippen LogP contribution in [0.3, 0.4) is 0 Å². The van der Waals surface area contributed by atoms with E-state index >= 15 is 0 Å². The van der Waals surface area contributed by atoms with Gasteiger partial charge in [0.25, 0.3) is 10.0 Å². The highest BCUT2D eigenvalue weighted by atomic mass is 32.2. The number of rotatable bonds is 5. The SMILES string of the molecule is CCC(=O)NS(=O)(=O)c1cnccc1Nc1cccc(C(F)(F)F)c1. The highest BCUT2D eigenvalue weighted by Crippen LogP contribution is 2.32. The number of anilines is 2. The number of nitrogens with zero attached hydrogens (tertiary/aromatic N) is 1. The van der Waals surface area contributed by atoms with Crippen molar-refractivity contribution in [3.8, 4) is 0 Å². The molecule has 0 saturated heterocycles. The minimum Gasteiger partial charge on any atom is -0.354 e. The number of pyridine rings is 1. The van der Waals surface area contributed by atoms with Gasteiger partial charge in [-0.15, -0.1) is 0 Å². The molecule has 0 atom stereocenters. The van der Waals surface area contributed by atoms with Crippen molar-refractivity contribution in [1.82, 2.24) is 9.71 Å². The van der Waals surface area contributed by atoms with Crippen LogP contribution >= 0.6 is 0 Å². The van der Waals surface area contributed by atoms with Crippen molar-refractivity contribution in [2.45, 2.75) is 24.4 Å². The maximum atomic E-state index is 12.8. The largest absolute Gasteiger partial charge is 0.416 e. The van der Waals surface area contributed by atoms with E-state index in [0.29, 0.717) is 0 Å². The summed E-state index contributed by atoms with van der Waals surface area (Å²) in [5, 5.41) is 2.61. The summed E-state index contributed by atoms with van der Waals surface area (Å²) < 4.78 is 64.7. The minimum absolute atomic E-state index is 0.00859. The van der Waals surface area contributed by atoms with Crippen molar-refractivity contribution in [2.75, 3.05) is 5.32 Å². The van der Waals surface area contributed by atoms with Crippen molar-refractivity contribution in [2.24, 2.45) is 0 Å². The summed E-state index contributed by atoms with van der Waals surface area (Å²) in [6, 6.07) is 5.58. The van der Waals surface area contributed by atoms with Crippen molar-refractivity contribution in [1.29, 1.82) is 0 Å². The highest BCUT2D eigenvalue weighted by molar-refractivity contribution is 7.90. The van der Waals surface area contributed by atoms with Gasteiger partial charge in [-0.3, -0.25) is 9.78 Å². The zero-order chi connectivity index (χ0) is 18.7. The number of aromatic nitrogens is 1. The predicted octanol–water partition coefficient (Wildman–Crippen LogP) is 3.06. The molecule has 0 aliphatic carbocycles. The summed E-state index contributed by atoms with van der Waals surface area (Å²) in [6.45, 7) is 1.48. The van der Waals surface area contributed by atoms with Crippen LogP contribution in [0.4, 0.5) is 24.5 Å². The Morgan fingerprint density at radius 2 is 1.96 bits per heavy atom. The van der Waals surface area contributed by atoms with E-state index in [1.165, 1.54) is 31.3 Å². The van der Waals surface area contributed by atoms with Crippen LogP contribution in [0, 0.1) is 0 Å². The van der Waals surface area contributed by atoms with Gasteiger partial charge >= 0.3 is 6.18 Å². The van der Waals surface area contributed by atoms with Crippen LogP contribution in [0.5, 0.6) is 0 Å². The quantitative estimate of drug-likeness (QED) is 0.841. The second-order valence-electron chi connectivity index (χ2n) is 4.96. The first-order chi connectivity index (χ1) is 11.6. The van der Waals surface area contributed by atoms with Crippen LogP contribution in [-0.2, 0) is 21.0 Å². The van der Waals surface area contributed by atoms with Crippen molar-refractivity contribution in [3.05, 3.63) is 48.3 Å². The van der Waals surface area contributed by atoms with E-state index in [1.807, 2.05) is 4.72 Å². The summed E-state index contributed by atoms with van der Waals surface area (Å²) in [7, 11) is -4.21. The fraction of sp³-hybridized carbons (Fsp3) is 0.200. The monoisotopic (exact) mass is 373 g/mol. The normalized spacial score (nSPS) is 11.8. The molecule has 1 amide bonds.